The van der Waals surface area contributed by atoms with Gasteiger partial charge in [-0.1, -0.05) is 29.3 Å². The van der Waals surface area contributed by atoms with E-state index in [2.05, 4.69) is 0 Å². The van der Waals surface area contributed by atoms with Crippen LogP contribution in [0.5, 0.6) is 0 Å². The van der Waals surface area contributed by atoms with Gasteiger partial charge in [-0.25, -0.2) is 4.79 Å². The molecule has 1 atom stereocenters. The van der Waals surface area contributed by atoms with E-state index < -0.39 is 11.8 Å². The van der Waals surface area contributed by atoms with Gasteiger partial charge in [-0.3, -0.25) is 4.79 Å². The summed E-state index contributed by atoms with van der Waals surface area (Å²) in [7, 11) is 0. The third-order valence-electron chi connectivity index (χ3n) is 3.30. The van der Waals surface area contributed by atoms with Gasteiger partial charge in [-0.15, -0.1) is 0 Å². The molecule has 6 heteroatoms. The average Bonchev–Trinajstić information content (AvgIpc) is 2.38. The molecule has 4 nitrogen and oxygen atoms in total. The third kappa shape index (κ3) is 2.67. The van der Waals surface area contributed by atoms with Crippen molar-refractivity contribution in [2.45, 2.75) is 19.4 Å². The minimum atomic E-state index is -1.21. The van der Waals surface area contributed by atoms with Crippen molar-refractivity contribution in [1.29, 1.82) is 0 Å². The highest BCUT2D eigenvalue weighted by molar-refractivity contribution is 6.36. The minimum Gasteiger partial charge on any atom is -0.478 e. The lowest BCUT2D eigenvalue weighted by atomic mass is 9.93. The highest BCUT2D eigenvalue weighted by Crippen LogP contribution is 2.38. The number of Topliss-reactive ketones (excluding diaryl/α,β-unsaturated/α-hetero) is 1. The summed E-state index contributed by atoms with van der Waals surface area (Å²) in [4.78, 5) is 24.8. The Hall–Kier alpha value is -1.52. The van der Waals surface area contributed by atoms with E-state index in [4.69, 9.17) is 28.3 Å². The molecule has 0 aliphatic carbocycles. The Morgan fingerprint density at radius 2 is 2.00 bits per heavy atom. The van der Waals surface area contributed by atoms with Crippen molar-refractivity contribution in [1.82, 2.24) is 4.90 Å². The number of aliphatic carboxylic acids is 1. The van der Waals surface area contributed by atoms with Gasteiger partial charge in [0.25, 0.3) is 0 Å². The summed E-state index contributed by atoms with van der Waals surface area (Å²) in [6.45, 7) is 2.43. The first-order valence-electron chi connectivity index (χ1n) is 6.13. The molecule has 2 rings (SSSR count). The number of ketones is 1. The molecular weight excluding hydrogens is 301 g/mol. The van der Waals surface area contributed by atoms with Gasteiger partial charge >= 0.3 is 5.97 Å². The van der Waals surface area contributed by atoms with E-state index in [1.807, 2.05) is 6.92 Å². The van der Waals surface area contributed by atoms with Gasteiger partial charge in [-0.2, -0.15) is 0 Å². The zero-order valence-electron chi connectivity index (χ0n) is 10.8. The molecule has 1 aromatic carbocycles. The molecule has 20 heavy (non-hydrogen) atoms. The van der Waals surface area contributed by atoms with Gasteiger partial charge in [-0.05, 0) is 19.1 Å². The fraction of sp³-hybridized carbons (Fsp3) is 0.286. The van der Waals surface area contributed by atoms with Crippen molar-refractivity contribution in [3.8, 4) is 0 Å². The first kappa shape index (κ1) is 14.9. The molecule has 0 saturated heterocycles. The summed E-state index contributed by atoms with van der Waals surface area (Å²) in [6.07, 6.45) is 1.42. The second kappa shape index (κ2) is 5.85. The van der Waals surface area contributed by atoms with Crippen molar-refractivity contribution in [3.05, 3.63) is 45.6 Å². The SMILES string of the molecule is CCN1C=C(C(=O)O)C(=O)CC1c1c(Cl)cccc1Cl. The van der Waals surface area contributed by atoms with Crippen LogP contribution in [0.4, 0.5) is 0 Å². The molecule has 0 aromatic heterocycles. The first-order valence-corrected chi connectivity index (χ1v) is 6.89. The molecule has 106 valence electrons. The number of carbonyl (C=O) groups is 2. The van der Waals surface area contributed by atoms with Gasteiger partial charge in [0.2, 0.25) is 0 Å². The summed E-state index contributed by atoms with van der Waals surface area (Å²) in [5, 5.41) is 9.97. The Labute approximate surface area is 126 Å². The van der Waals surface area contributed by atoms with Crippen LogP contribution >= 0.6 is 23.2 Å². The Morgan fingerprint density at radius 3 is 2.50 bits per heavy atom. The zero-order valence-corrected chi connectivity index (χ0v) is 12.3. The number of hydrogen-bond acceptors (Lipinski definition) is 3. The summed E-state index contributed by atoms with van der Waals surface area (Å²) in [5.41, 5.74) is 0.456. The zero-order chi connectivity index (χ0) is 14.9. The molecule has 1 heterocycles. The van der Waals surface area contributed by atoms with Gasteiger partial charge in [0, 0.05) is 34.8 Å². The number of nitrogens with zero attached hydrogens (tertiary/aromatic N) is 1. The maximum Gasteiger partial charge on any atom is 0.340 e. The normalized spacial score (nSPS) is 18.9. The number of rotatable bonds is 3. The highest BCUT2D eigenvalue weighted by Gasteiger charge is 2.33. The van der Waals surface area contributed by atoms with Crippen molar-refractivity contribution >= 4 is 35.0 Å². The average molecular weight is 314 g/mol. The number of carboxylic acid groups (broad SMARTS) is 1. The minimum absolute atomic E-state index is 0.0510. The van der Waals surface area contributed by atoms with Crippen molar-refractivity contribution in [2.75, 3.05) is 6.54 Å². The molecule has 0 amide bonds. The molecule has 0 saturated carbocycles. The molecule has 1 N–H and O–H groups in total. The Kier molecular flexibility index (Phi) is 4.35. The Morgan fingerprint density at radius 1 is 1.40 bits per heavy atom. The summed E-state index contributed by atoms with van der Waals surface area (Å²) >= 11 is 12.3. The van der Waals surface area contributed by atoms with E-state index in [0.717, 1.165) is 0 Å². The quantitative estimate of drug-likeness (QED) is 0.870. The summed E-state index contributed by atoms with van der Waals surface area (Å²) < 4.78 is 0. The Bertz CT molecular complexity index is 578. The largest absolute Gasteiger partial charge is 0.478 e. The van der Waals surface area contributed by atoms with Crippen LogP contribution in [-0.2, 0) is 9.59 Å². The van der Waals surface area contributed by atoms with Crippen molar-refractivity contribution in [2.24, 2.45) is 0 Å². The number of benzene rings is 1. The number of carboxylic acids is 1. The number of hydrogen-bond donors (Lipinski definition) is 1. The molecule has 1 aromatic rings. The van der Waals surface area contributed by atoms with Crippen LogP contribution in [0.25, 0.3) is 0 Å². The standard InChI is InChI=1S/C14H13Cl2NO3/c1-2-17-7-8(14(19)20)12(18)6-11(17)13-9(15)4-3-5-10(13)16/h3-5,7,11H,2,6H2,1H3,(H,19,20). The summed E-state index contributed by atoms with van der Waals surface area (Å²) in [6, 6.07) is 4.81. The van der Waals surface area contributed by atoms with Gasteiger partial charge in [0.1, 0.15) is 5.57 Å². The lowest BCUT2D eigenvalue weighted by Crippen LogP contribution is -2.33. The van der Waals surface area contributed by atoms with E-state index in [9.17, 15) is 9.59 Å². The summed E-state index contributed by atoms with van der Waals surface area (Å²) in [5.74, 6) is -1.62. The van der Waals surface area contributed by atoms with Crippen LogP contribution in [-0.4, -0.2) is 28.3 Å². The molecule has 0 bridgehead atoms. The molecule has 1 aliphatic rings. The van der Waals surface area contributed by atoms with Crippen LogP contribution in [0.3, 0.4) is 0 Å². The van der Waals surface area contributed by atoms with Gasteiger partial charge in [0.05, 0.1) is 6.04 Å². The highest BCUT2D eigenvalue weighted by atomic mass is 35.5. The van der Waals surface area contributed by atoms with E-state index in [1.165, 1.54) is 6.20 Å². The maximum absolute atomic E-state index is 11.9. The number of carbonyl (C=O) groups excluding carboxylic acids is 1. The van der Waals surface area contributed by atoms with Crippen LogP contribution in [0.2, 0.25) is 10.0 Å². The molecule has 1 unspecified atom stereocenters. The molecular formula is C14H13Cl2NO3. The fourth-order valence-electron chi connectivity index (χ4n) is 2.31. The maximum atomic E-state index is 11.9. The molecule has 1 aliphatic heterocycles. The Balaban J connectivity index is 2.48. The van der Waals surface area contributed by atoms with Gasteiger partial charge < -0.3 is 10.0 Å². The van der Waals surface area contributed by atoms with Crippen LogP contribution in [0.15, 0.2) is 30.0 Å². The monoisotopic (exact) mass is 313 g/mol. The van der Waals surface area contributed by atoms with Crippen molar-refractivity contribution < 1.29 is 14.7 Å². The van der Waals surface area contributed by atoms with Crippen LogP contribution in [0, 0.1) is 0 Å². The van der Waals surface area contributed by atoms with E-state index in [0.29, 0.717) is 22.2 Å². The van der Waals surface area contributed by atoms with Crippen LogP contribution in [0.1, 0.15) is 24.9 Å². The number of halogens is 2. The van der Waals surface area contributed by atoms with E-state index in [-0.39, 0.29) is 18.0 Å². The van der Waals surface area contributed by atoms with Crippen LogP contribution < -0.4 is 0 Å². The molecule has 0 fully saturated rings. The topological polar surface area (TPSA) is 57.6 Å². The van der Waals surface area contributed by atoms with E-state index >= 15 is 0 Å². The lowest BCUT2D eigenvalue weighted by Gasteiger charge is -2.34. The predicted molar refractivity (Wildman–Crippen MR) is 76.9 cm³/mol. The second-order valence-corrected chi connectivity index (χ2v) is 5.27. The van der Waals surface area contributed by atoms with Gasteiger partial charge in [0.15, 0.2) is 5.78 Å². The van der Waals surface area contributed by atoms with Crippen molar-refractivity contribution in [3.63, 3.8) is 0 Å². The first-order chi connectivity index (χ1) is 9.45. The molecule has 0 spiro atoms. The fourth-order valence-corrected chi connectivity index (χ4v) is 2.96. The predicted octanol–water partition coefficient (Wildman–Crippen LogP) is 3.30. The third-order valence-corrected chi connectivity index (χ3v) is 3.96. The lowest BCUT2D eigenvalue weighted by molar-refractivity contribution is -0.135. The second-order valence-electron chi connectivity index (χ2n) is 4.46. The van der Waals surface area contributed by atoms with E-state index in [1.54, 1.807) is 23.1 Å². The molecule has 0 radical (unpaired) electrons. The smallest absolute Gasteiger partial charge is 0.340 e.